The molecule has 15 heavy (non-hydrogen) atoms. The highest BCUT2D eigenvalue weighted by atomic mass is 35.5. The molecule has 0 radical (unpaired) electrons. The second kappa shape index (κ2) is 3.19. The summed E-state index contributed by atoms with van der Waals surface area (Å²) in [7, 11) is 0. The second-order valence-electron chi connectivity index (χ2n) is 4.88. The van der Waals surface area contributed by atoms with Gasteiger partial charge in [-0.15, -0.1) is 0 Å². The minimum atomic E-state index is -0.359. The maximum absolute atomic E-state index is 13.9. The van der Waals surface area contributed by atoms with Crippen molar-refractivity contribution in [1.82, 2.24) is 0 Å². The van der Waals surface area contributed by atoms with E-state index in [-0.39, 0.29) is 21.8 Å². The van der Waals surface area contributed by atoms with Gasteiger partial charge in [0, 0.05) is 11.0 Å². The van der Waals surface area contributed by atoms with Gasteiger partial charge in [-0.05, 0) is 24.5 Å². The molecule has 0 aromatic heterocycles. The first-order valence-electron chi connectivity index (χ1n) is 5.12. The molecule has 82 valence electrons. The molecule has 0 amide bonds. The second-order valence-corrected chi connectivity index (χ2v) is 5.29. The van der Waals surface area contributed by atoms with Crippen LogP contribution in [0.3, 0.4) is 0 Å². The van der Waals surface area contributed by atoms with Gasteiger partial charge >= 0.3 is 0 Å². The fourth-order valence-corrected chi connectivity index (χ4v) is 2.19. The fourth-order valence-electron chi connectivity index (χ4n) is 2.01. The Labute approximate surface area is 94.4 Å². The largest absolute Gasteiger partial charge is 0.324 e. The summed E-state index contributed by atoms with van der Waals surface area (Å²) in [6.07, 6.45) is 1.90. The van der Waals surface area contributed by atoms with E-state index in [1.165, 1.54) is 0 Å². The first kappa shape index (κ1) is 10.9. The Balaban J connectivity index is 2.49. The highest BCUT2D eigenvalue weighted by Crippen LogP contribution is 2.50. The van der Waals surface area contributed by atoms with Crippen LogP contribution in [-0.2, 0) is 5.41 Å². The zero-order chi connectivity index (χ0) is 11.3. The van der Waals surface area contributed by atoms with E-state index in [4.69, 9.17) is 17.3 Å². The van der Waals surface area contributed by atoms with Crippen LogP contribution < -0.4 is 5.73 Å². The van der Waals surface area contributed by atoms with E-state index in [2.05, 4.69) is 0 Å². The average Bonchev–Trinajstić information content (AvgIpc) is 2.90. The monoisotopic (exact) mass is 227 g/mol. The quantitative estimate of drug-likeness (QED) is 0.825. The third-order valence-corrected chi connectivity index (χ3v) is 3.95. The third-order valence-electron chi connectivity index (χ3n) is 3.66. The summed E-state index contributed by atoms with van der Waals surface area (Å²) >= 11 is 5.77. The molecule has 0 spiro atoms. The number of benzene rings is 1. The Morgan fingerprint density at radius 3 is 2.53 bits per heavy atom. The van der Waals surface area contributed by atoms with Gasteiger partial charge in [-0.3, -0.25) is 0 Å². The Morgan fingerprint density at radius 1 is 1.40 bits per heavy atom. The van der Waals surface area contributed by atoms with Gasteiger partial charge < -0.3 is 5.73 Å². The first-order chi connectivity index (χ1) is 6.88. The van der Waals surface area contributed by atoms with Crippen LogP contribution in [0.25, 0.3) is 0 Å². The molecule has 1 nitrogen and oxygen atoms in total. The maximum Gasteiger partial charge on any atom is 0.145 e. The van der Waals surface area contributed by atoms with Crippen LogP contribution in [0.2, 0.25) is 5.02 Å². The van der Waals surface area contributed by atoms with Crippen LogP contribution in [0.15, 0.2) is 18.2 Å². The van der Waals surface area contributed by atoms with E-state index < -0.39 is 0 Å². The lowest BCUT2D eigenvalue weighted by atomic mass is 9.76. The van der Waals surface area contributed by atoms with E-state index in [1.807, 2.05) is 13.8 Å². The first-order valence-corrected chi connectivity index (χ1v) is 5.50. The Kier molecular flexibility index (Phi) is 2.32. The van der Waals surface area contributed by atoms with Gasteiger partial charge in [0.25, 0.3) is 0 Å². The van der Waals surface area contributed by atoms with E-state index in [0.29, 0.717) is 5.56 Å². The standard InChI is InChI=1S/C12H15ClFN/c1-11(2,12(15)6-7-12)8-4-3-5-9(13)10(8)14/h3-5H,6-7,15H2,1-2H3. The zero-order valence-corrected chi connectivity index (χ0v) is 9.74. The molecule has 0 unspecified atom stereocenters. The van der Waals surface area contributed by atoms with Crippen molar-refractivity contribution in [3.63, 3.8) is 0 Å². The van der Waals surface area contributed by atoms with Crippen LogP contribution in [0.4, 0.5) is 4.39 Å². The number of halogens is 2. The Morgan fingerprint density at radius 2 is 2.00 bits per heavy atom. The van der Waals surface area contributed by atoms with E-state index in [0.717, 1.165) is 12.8 Å². The van der Waals surface area contributed by atoms with Crippen LogP contribution in [0.1, 0.15) is 32.3 Å². The van der Waals surface area contributed by atoms with Crippen LogP contribution in [0, 0.1) is 5.82 Å². The van der Waals surface area contributed by atoms with Gasteiger partial charge in [0.05, 0.1) is 5.02 Å². The van der Waals surface area contributed by atoms with E-state index in [1.54, 1.807) is 18.2 Å². The van der Waals surface area contributed by atoms with Crippen LogP contribution in [-0.4, -0.2) is 5.54 Å². The van der Waals surface area contributed by atoms with E-state index >= 15 is 0 Å². The Hall–Kier alpha value is -0.600. The fraction of sp³-hybridized carbons (Fsp3) is 0.500. The lowest BCUT2D eigenvalue weighted by molar-refractivity contribution is 0.374. The van der Waals surface area contributed by atoms with Crippen molar-refractivity contribution in [1.29, 1.82) is 0 Å². The number of rotatable bonds is 2. The lowest BCUT2D eigenvalue weighted by Crippen LogP contribution is -2.43. The summed E-state index contributed by atoms with van der Waals surface area (Å²) in [5, 5.41) is 0.171. The number of hydrogen-bond acceptors (Lipinski definition) is 1. The van der Waals surface area contributed by atoms with Gasteiger partial charge in [-0.25, -0.2) is 4.39 Å². The minimum absolute atomic E-state index is 0.171. The van der Waals surface area contributed by atoms with Crippen molar-refractivity contribution in [2.45, 2.75) is 37.6 Å². The van der Waals surface area contributed by atoms with Gasteiger partial charge in [-0.2, -0.15) is 0 Å². The summed E-state index contributed by atoms with van der Waals surface area (Å²) < 4.78 is 13.9. The topological polar surface area (TPSA) is 26.0 Å². The average molecular weight is 228 g/mol. The van der Waals surface area contributed by atoms with Crippen molar-refractivity contribution >= 4 is 11.6 Å². The summed E-state index contributed by atoms with van der Waals surface area (Å²) in [5.41, 5.74) is 6.16. The lowest BCUT2D eigenvalue weighted by Gasteiger charge is -2.33. The third kappa shape index (κ3) is 1.56. The predicted octanol–water partition coefficient (Wildman–Crippen LogP) is 3.25. The highest BCUT2D eigenvalue weighted by Gasteiger charge is 2.52. The molecule has 1 saturated carbocycles. The molecule has 1 aliphatic rings. The van der Waals surface area contributed by atoms with Crippen molar-refractivity contribution in [2.24, 2.45) is 5.73 Å². The van der Waals surface area contributed by atoms with Crippen LogP contribution in [0.5, 0.6) is 0 Å². The molecule has 0 atom stereocenters. The summed E-state index contributed by atoms with van der Waals surface area (Å²) in [6, 6.07) is 5.11. The molecule has 2 rings (SSSR count). The number of nitrogens with two attached hydrogens (primary N) is 1. The molecule has 0 saturated heterocycles. The Bertz CT molecular complexity index is 397. The molecule has 1 aromatic carbocycles. The summed E-state index contributed by atoms with van der Waals surface area (Å²) in [5.74, 6) is -0.333. The molecule has 1 aliphatic carbocycles. The molecule has 0 heterocycles. The molecule has 0 bridgehead atoms. The maximum atomic E-state index is 13.9. The van der Waals surface area contributed by atoms with Crippen molar-refractivity contribution < 1.29 is 4.39 Å². The van der Waals surface area contributed by atoms with E-state index in [9.17, 15) is 4.39 Å². The summed E-state index contributed by atoms with van der Waals surface area (Å²) in [6.45, 7) is 3.96. The van der Waals surface area contributed by atoms with Crippen molar-refractivity contribution in [3.8, 4) is 0 Å². The minimum Gasteiger partial charge on any atom is -0.324 e. The molecular weight excluding hydrogens is 213 g/mol. The molecule has 1 aromatic rings. The van der Waals surface area contributed by atoms with Crippen molar-refractivity contribution in [3.05, 3.63) is 34.6 Å². The molecule has 1 fully saturated rings. The zero-order valence-electron chi connectivity index (χ0n) is 8.98. The molecule has 3 heteroatoms. The highest BCUT2D eigenvalue weighted by molar-refractivity contribution is 6.30. The van der Waals surface area contributed by atoms with Gasteiger partial charge in [-0.1, -0.05) is 37.6 Å². The van der Waals surface area contributed by atoms with Gasteiger partial charge in [0.1, 0.15) is 5.82 Å². The SMILES string of the molecule is CC(C)(c1cccc(Cl)c1F)C1(N)CC1. The van der Waals surface area contributed by atoms with Crippen LogP contribution >= 0.6 is 11.6 Å². The molecular formula is C12H15ClFN. The van der Waals surface area contributed by atoms with Crippen molar-refractivity contribution in [2.75, 3.05) is 0 Å². The normalized spacial score (nSPS) is 19.0. The molecule has 2 N–H and O–H groups in total. The predicted molar refractivity (Wildman–Crippen MR) is 60.6 cm³/mol. The van der Waals surface area contributed by atoms with Gasteiger partial charge in [0.15, 0.2) is 0 Å². The number of hydrogen-bond donors (Lipinski definition) is 1. The van der Waals surface area contributed by atoms with Gasteiger partial charge in [0.2, 0.25) is 0 Å². The molecule has 0 aliphatic heterocycles. The smallest absolute Gasteiger partial charge is 0.145 e. The summed E-state index contributed by atoms with van der Waals surface area (Å²) in [4.78, 5) is 0.